The van der Waals surface area contributed by atoms with E-state index in [1.54, 1.807) is 18.2 Å². The number of rotatable bonds is 4. The quantitative estimate of drug-likeness (QED) is 0.340. The molecule has 0 amide bonds. The van der Waals surface area contributed by atoms with Crippen molar-refractivity contribution in [3.05, 3.63) is 30.3 Å². The molecule has 0 heterocycles. The summed E-state index contributed by atoms with van der Waals surface area (Å²) in [7, 11) is 0. The number of ketones is 1. The van der Waals surface area contributed by atoms with Crippen LogP contribution in [-0.4, -0.2) is 22.8 Å². The van der Waals surface area contributed by atoms with E-state index in [0.29, 0.717) is 0 Å². The SMILES string of the molecule is O=C(CC(=O)C(=O)O)Oc1ccccc1. The van der Waals surface area contributed by atoms with E-state index in [9.17, 15) is 14.4 Å². The average molecular weight is 208 g/mol. The number of carbonyl (C=O) groups excluding carboxylic acids is 2. The van der Waals surface area contributed by atoms with Gasteiger partial charge in [0.05, 0.1) is 0 Å². The maximum absolute atomic E-state index is 11.0. The second-order valence-corrected chi connectivity index (χ2v) is 2.69. The van der Waals surface area contributed by atoms with Gasteiger partial charge in [0, 0.05) is 0 Å². The van der Waals surface area contributed by atoms with Crippen molar-refractivity contribution < 1.29 is 24.2 Å². The van der Waals surface area contributed by atoms with Crippen LogP contribution in [0.2, 0.25) is 0 Å². The van der Waals surface area contributed by atoms with E-state index in [2.05, 4.69) is 0 Å². The lowest BCUT2D eigenvalue weighted by molar-refractivity contribution is -0.152. The van der Waals surface area contributed by atoms with E-state index in [1.807, 2.05) is 0 Å². The number of carbonyl (C=O) groups is 3. The lowest BCUT2D eigenvalue weighted by atomic mass is 10.3. The molecule has 0 fully saturated rings. The van der Waals surface area contributed by atoms with Crippen molar-refractivity contribution in [2.24, 2.45) is 0 Å². The third kappa shape index (κ3) is 3.60. The molecular formula is C10H8O5. The van der Waals surface area contributed by atoms with Crippen LogP contribution in [0.5, 0.6) is 5.75 Å². The standard InChI is InChI=1S/C10H8O5/c11-8(10(13)14)6-9(12)15-7-4-2-1-3-5-7/h1-5H,6H2,(H,13,14). The molecule has 0 aliphatic rings. The first-order valence-corrected chi connectivity index (χ1v) is 4.11. The Bertz CT molecular complexity index is 382. The van der Waals surface area contributed by atoms with Crippen molar-refractivity contribution >= 4 is 17.7 Å². The summed E-state index contributed by atoms with van der Waals surface area (Å²) in [6.07, 6.45) is -0.760. The number of carboxylic acid groups (broad SMARTS) is 1. The number of Topliss-reactive ketones (excluding diaryl/α,β-unsaturated/α-hetero) is 1. The monoisotopic (exact) mass is 208 g/mol. The number of hydrogen-bond acceptors (Lipinski definition) is 4. The summed E-state index contributed by atoms with van der Waals surface area (Å²) in [5, 5.41) is 8.24. The minimum atomic E-state index is -1.64. The molecule has 1 aromatic carbocycles. The highest BCUT2D eigenvalue weighted by Gasteiger charge is 2.17. The first-order chi connectivity index (χ1) is 7.09. The van der Waals surface area contributed by atoms with E-state index in [1.165, 1.54) is 12.1 Å². The van der Waals surface area contributed by atoms with Gasteiger partial charge in [0.1, 0.15) is 12.2 Å². The summed E-state index contributed by atoms with van der Waals surface area (Å²) in [6.45, 7) is 0. The first kappa shape index (κ1) is 10.9. The number of ether oxygens (including phenoxy) is 1. The molecule has 0 aromatic heterocycles. The van der Waals surface area contributed by atoms with Gasteiger partial charge in [-0.2, -0.15) is 0 Å². The zero-order chi connectivity index (χ0) is 11.3. The molecule has 0 aliphatic carbocycles. The van der Waals surface area contributed by atoms with E-state index in [0.717, 1.165) is 0 Å². The van der Waals surface area contributed by atoms with E-state index >= 15 is 0 Å². The Kier molecular flexibility index (Phi) is 3.56. The Balaban J connectivity index is 2.51. The second-order valence-electron chi connectivity index (χ2n) is 2.69. The summed E-state index contributed by atoms with van der Waals surface area (Å²) in [5.41, 5.74) is 0. The van der Waals surface area contributed by atoms with Crippen LogP contribution in [0.3, 0.4) is 0 Å². The summed E-state index contributed by atoms with van der Waals surface area (Å²) >= 11 is 0. The molecule has 15 heavy (non-hydrogen) atoms. The third-order valence-corrected chi connectivity index (χ3v) is 1.52. The maximum atomic E-state index is 11.0. The van der Waals surface area contributed by atoms with E-state index in [4.69, 9.17) is 9.84 Å². The zero-order valence-corrected chi connectivity index (χ0v) is 7.67. The van der Waals surface area contributed by atoms with Crippen molar-refractivity contribution in [2.45, 2.75) is 6.42 Å². The van der Waals surface area contributed by atoms with Gasteiger partial charge >= 0.3 is 11.9 Å². The normalized spacial score (nSPS) is 9.33. The topological polar surface area (TPSA) is 80.7 Å². The van der Waals surface area contributed by atoms with Crippen molar-refractivity contribution in [1.82, 2.24) is 0 Å². The van der Waals surface area contributed by atoms with Crippen LogP contribution in [0, 0.1) is 0 Å². The number of aliphatic carboxylic acids is 1. The van der Waals surface area contributed by atoms with Crippen LogP contribution in [0.15, 0.2) is 30.3 Å². The van der Waals surface area contributed by atoms with Crippen LogP contribution in [0.1, 0.15) is 6.42 Å². The van der Waals surface area contributed by atoms with Crippen LogP contribution >= 0.6 is 0 Å². The maximum Gasteiger partial charge on any atom is 0.372 e. The Hall–Kier alpha value is -2.17. The molecule has 0 saturated carbocycles. The van der Waals surface area contributed by atoms with Gasteiger partial charge < -0.3 is 9.84 Å². The van der Waals surface area contributed by atoms with Crippen molar-refractivity contribution in [3.8, 4) is 5.75 Å². The van der Waals surface area contributed by atoms with Gasteiger partial charge in [0.15, 0.2) is 0 Å². The summed E-state index contributed by atoms with van der Waals surface area (Å²) < 4.78 is 4.71. The average Bonchev–Trinajstić information content (AvgIpc) is 2.18. The van der Waals surface area contributed by atoms with Gasteiger partial charge in [-0.3, -0.25) is 9.59 Å². The fraction of sp³-hybridized carbons (Fsp3) is 0.100. The predicted octanol–water partition coefficient (Wildman–Crippen LogP) is 0.636. The molecular weight excluding hydrogens is 200 g/mol. The minimum Gasteiger partial charge on any atom is -0.475 e. The number of para-hydroxylation sites is 1. The minimum absolute atomic E-state index is 0.278. The number of esters is 1. The molecule has 0 atom stereocenters. The Morgan fingerprint density at radius 3 is 2.27 bits per heavy atom. The summed E-state index contributed by atoms with van der Waals surface area (Å²) in [6, 6.07) is 8.11. The fourth-order valence-electron chi connectivity index (χ4n) is 0.863. The molecule has 1 N–H and O–H groups in total. The first-order valence-electron chi connectivity index (χ1n) is 4.11. The lowest BCUT2D eigenvalue weighted by Gasteiger charge is -2.01. The molecule has 5 heteroatoms. The molecule has 1 rings (SSSR count). The van der Waals surface area contributed by atoms with Crippen LogP contribution in [-0.2, 0) is 14.4 Å². The van der Waals surface area contributed by atoms with Gasteiger partial charge in [-0.05, 0) is 12.1 Å². The fourth-order valence-corrected chi connectivity index (χ4v) is 0.863. The van der Waals surface area contributed by atoms with Gasteiger partial charge in [0.25, 0.3) is 5.78 Å². The molecule has 0 saturated heterocycles. The molecule has 1 aromatic rings. The largest absolute Gasteiger partial charge is 0.475 e. The summed E-state index contributed by atoms with van der Waals surface area (Å²) in [4.78, 5) is 31.8. The van der Waals surface area contributed by atoms with Crippen molar-refractivity contribution in [3.63, 3.8) is 0 Å². The Morgan fingerprint density at radius 1 is 1.13 bits per heavy atom. The zero-order valence-electron chi connectivity index (χ0n) is 7.67. The van der Waals surface area contributed by atoms with Gasteiger partial charge in [-0.1, -0.05) is 18.2 Å². The number of benzene rings is 1. The van der Waals surface area contributed by atoms with E-state index in [-0.39, 0.29) is 5.75 Å². The molecule has 0 spiro atoms. The molecule has 0 bridgehead atoms. The Labute approximate surface area is 85.3 Å². The lowest BCUT2D eigenvalue weighted by Crippen LogP contribution is -2.20. The van der Waals surface area contributed by atoms with Gasteiger partial charge in [-0.25, -0.2) is 4.79 Å². The molecule has 0 aliphatic heterocycles. The Morgan fingerprint density at radius 2 is 1.73 bits per heavy atom. The highest BCUT2D eigenvalue weighted by molar-refractivity contribution is 6.35. The third-order valence-electron chi connectivity index (χ3n) is 1.52. The molecule has 5 nitrogen and oxygen atoms in total. The van der Waals surface area contributed by atoms with Crippen LogP contribution in [0.25, 0.3) is 0 Å². The molecule has 0 radical (unpaired) electrons. The molecule has 78 valence electrons. The molecule has 0 unspecified atom stereocenters. The van der Waals surface area contributed by atoms with Crippen LogP contribution in [0.4, 0.5) is 0 Å². The predicted molar refractivity (Wildman–Crippen MR) is 49.3 cm³/mol. The van der Waals surface area contributed by atoms with Crippen molar-refractivity contribution in [1.29, 1.82) is 0 Å². The van der Waals surface area contributed by atoms with Gasteiger partial charge in [-0.15, -0.1) is 0 Å². The number of carboxylic acids is 1. The van der Waals surface area contributed by atoms with Gasteiger partial charge in [0.2, 0.25) is 0 Å². The van der Waals surface area contributed by atoms with E-state index < -0.39 is 24.1 Å². The highest BCUT2D eigenvalue weighted by atomic mass is 16.5. The smallest absolute Gasteiger partial charge is 0.372 e. The highest BCUT2D eigenvalue weighted by Crippen LogP contribution is 2.09. The van der Waals surface area contributed by atoms with Crippen LogP contribution < -0.4 is 4.74 Å². The summed E-state index contributed by atoms with van der Waals surface area (Å²) in [5.74, 6) is -3.43. The second kappa shape index (κ2) is 4.90. The van der Waals surface area contributed by atoms with Crippen molar-refractivity contribution in [2.75, 3.05) is 0 Å². The number of hydrogen-bond donors (Lipinski definition) is 1.